The molecule has 0 saturated carbocycles. The Morgan fingerprint density at radius 2 is 0.792 bits per heavy atom. The highest BCUT2D eigenvalue weighted by Gasteiger charge is 2.51. The van der Waals surface area contributed by atoms with E-state index in [9.17, 15) is 17.6 Å². The summed E-state index contributed by atoms with van der Waals surface area (Å²) in [7, 11) is 0. The fourth-order valence-corrected chi connectivity index (χ4v) is 2.97. The normalized spacial score (nSPS) is 14.1. The third-order valence-electron chi connectivity index (χ3n) is 6.25. The van der Waals surface area contributed by atoms with Crippen molar-refractivity contribution in [2.24, 2.45) is 10.8 Å². The Morgan fingerprint density at radius 1 is 0.583 bits per heavy atom. The topological polar surface area (TPSA) is 0 Å². The van der Waals surface area contributed by atoms with Crippen molar-refractivity contribution in [1.29, 1.82) is 0 Å². The van der Waals surface area contributed by atoms with Crippen LogP contribution in [-0.4, -0.2) is 0 Å². The minimum absolute atomic E-state index is 0.192. The Labute approximate surface area is 143 Å². The summed E-state index contributed by atoms with van der Waals surface area (Å²) < 4.78 is 59.2. The molecule has 0 unspecified atom stereocenters. The van der Waals surface area contributed by atoms with Crippen molar-refractivity contribution in [2.75, 3.05) is 0 Å². The average Bonchev–Trinajstić information content (AvgIpc) is 2.59. The van der Waals surface area contributed by atoms with Crippen LogP contribution in [0.25, 0.3) is 0 Å². The van der Waals surface area contributed by atoms with Gasteiger partial charge in [0.1, 0.15) is 0 Å². The molecule has 0 nitrogen and oxygen atoms in total. The molecule has 0 bridgehead atoms. The molecule has 0 atom stereocenters. The number of hydrogen-bond donors (Lipinski definition) is 0. The van der Waals surface area contributed by atoms with Crippen LogP contribution in [0.2, 0.25) is 0 Å². The number of rotatable bonds is 8. The van der Waals surface area contributed by atoms with E-state index in [-0.39, 0.29) is 11.1 Å². The molecule has 1 rings (SSSR count). The molecule has 0 amide bonds. The van der Waals surface area contributed by atoms with Crippen molar-refractivity contribution in [3.8, 4) is 0 Å². The standard InChI is InChI=1S/C20H30F4/c1-7-17(5,8-2)19(21,22)15-11-13-16(14-12-15)20(23,24)18(6,9-3)10-4/h11-14H,7-10H2,1-6H3. The maximum Gasteiger partial charge on any atom is 0.278 e. The summed E-state index contributed by atoms with van der Waals surface area (Å²) in [5.74, 6) is -6.10. The number of benzene rings is 1. The zero-order chi connectivity index (χ0) is 18.8. The Balaban J connectivity index is 3.27. The number of halogens is 4. The van der Waals surface area contributed by atoms with E-state index < -0.39 is 22.7 Å². The van der Waals surface area contributed by atoms with E-state index in [4.69, 9.17) is 0 Å². The van der Waals surface area contributed by atoms with Gasteiger partial charge in [0, 0.05) is 22.0 Å². The van der Waals surface area contributed by atoms with Crippen LogP contribution in [-0.2, 0) is 11.8 Å². The molecule has 1 aromatic carbocycles. The molecule has 0 aliphatic heterocycles. The summed E-state index contributed by atoms with van der Waals surface area (Å²) in [6, 6.07) is 4.66. The molecule has 24 heavy (non-hydrogen) atoms. The predicted octanol–water partition coefficient (Wildman–Crippen LogP) is 7.52. The Morgan fingerprint density at radius 3 is 0.958 bits per heavy atom. The molecule has 1 aromatic rings. The van der Waals surface area contributed by atoms with E-state index in [0.29, 0.717) is 25.7 Å². The third-order valence-corrected chi connectivity index (χ3v) is 6.25. The summed E-state index contributed by atoms with van der Waals surface area (Å²) in [6.07, 6.45) is 1.27. The largest absolute Gasteiger partial charge is 0.278 e. The zero-order valence-corrected chi connectivity index (χ0v) is 15.6. The number of alkyl halides is 4. The van der Waals surface area contributed by atoms with Gasteiger partial charge in [-0.15, -0.1) is 0 Å². The molecule has 0 radical (unpaired) electrons. The molecular weight excluding hydrogens is 316 g/mol. The molecule has 138 valence electrons. The van der Waals surface area contributed by atoms with Crippen LogP contribution in [0.4, 0.5) is 17.6 Å². The first-order valence-electron chi connectivity index (χ1n) is 8.82. The van der Waals surface area contributed by atoms with Crippen LogP contribution >= 0.6 is 0 Å². The lowest BCUT2D eigenvalue weighted by atomic mass is 9.73. The molecule has 0 aliphatic carbocycles. The van der Waals surface area contributed by atoms with Crippen molar-refractivity contribution in [1.82, 2.24) is 0 Å². The van der Waals surface area contributed by atoms with Crippen LogP contribution in [0.15, 0.2) is 24.3 Å². The highest BCUT2D eigenvalue weighted by Crippen LogP contribution is 2.52. The van der Waals surface area contributed by atoms with Crippen LogP contribution in [0.5, 0.6) is 0 Å². The highest BCUT2D eigenvalue weighted by atomic mass is 19.3. The molecule has 0 fully saturated rings. The second kappa shape index (κ2) is 7.05. The van der Waals surface area contributed by atoms with Gasteiger partial charge in [0.05, 0.1) is 0 Å². The molecule has 4 heteroatoms. The minimum Gasteiger partial charge on any atom is -0.201 e. The SMILES string of the molecule is CCC(C)(CC)C(F)(F)c1ccc(C(F)(F)C(C)(CC)CC)cc1. The van der Waals surface area contributed by atoms with Crippen molar-refractivity contribution >= 4 is 0 Å². The summed E-state index contributed by atoms with van der Waals surface area (Å²) in [4.78, 5) is 0. The molecule has 0 spiro atoms. The Bertz CT molecular complexity index is 474. The van der Waals surface area contributed by atoms with Gasteiger partial charge in [0.25, 0.3) is 11.8 Å². The van der Waals surface area contributed by atoms with E-state index in [2.05, 4.69) is 0 Å². The summed E-state index contributed by atoms with van der Waals surface area (Å²) in [6.45, 7) is 10.0. The lowest BCUT2D eigenvalue weighted by molar-refractivity contribution is -0.129. The monoisotopic (exact) mass is 346 g/mol. The first-order chi connectivity index (χ1) is 11.0. The van der Waals surface area contributed by atoms with E-state index in [1.165, 1.54) is 24.3 Å². The molecule has 0 aromatic heterocycles. The van der Waals surface area contributed by atoms with Gasteiger partial charge >= 0.3 is 0 Å². The summed E-state index contributed by atoms with van der Waals surface area (Å²) in [5, 5.41) is 0. The van der Waals surface area contributed by atoms with Crippen LogP contribution in [0.3, 0.4) is 0 Å². The van der Waals surface area contributed by atoms with Crippen LogP contribution in [0, 0.1) is 10.8 Å². The average molecular weight is 346 g/mol. The first-order valence-corrected chi connectivity index (χ1v) is 8.82. The Kier molecular flexibility index (Phi) is 6.16. The molecule has 0 N–H and O–H groups in total. The van der Waals surface area contributed by atoms with E-state index in [1.54, 1.807) is 41.5 Å². The molecular formula is C20H30F4. The first kappa shape index (κ1) is 21.0. The van der Waals surface area contributed by atoms with Gasteiger partial charge in [-0.25, -0.2) is 17.6 Å². The maximum absolute atomic E-state index is 14.8. The highest BCUT2D eigenvalue weighted by molar-refractivity contribution is 5.31. The van der Waals surface area contributed by atoms with Gasteiger partial charge in [0.2, 0.25) is 0 Å². The second-order valence-electron chi connectivity index (χ2n) is 7.26. The van der Waals surface area contributed by atoms with Crippen LogP contribution < -0.4 is 0 Å². The summed E-state index contributed by atoms with van der Waals surface area (Å²) in [5.41, 5.74) is -2.75. The van der Waals surface area contributed by atoms with Gasteiger partial charge in [-0.3, -0.25) is 0 Å². The molecule has 0 aliphatic rings. The van der Waals surface area contributed by atoms with Gasteiger partial charge < -0.3 is 0 Å². The van der Waals surface area contributed by atoms with Gasteiger partial charge in [-0.1, -0.05) is 65.8 Å². The fourth-order valence-electron chi connectivity index (χ4n) is 2.97. The third kappa shape index (κ3) is 3.21. The van der Waals surface area contributed by atoms with Crippen molar-refractivity contribution < 1.29 is 17.6 Å². The second-order valence-corrected chi connectivity index (χ2v) is 7.26. The quantitative estimate of drug-likeness (QED) is 0.427. The lowest BCUT2D eigenvalue weighted by Crippen LogP contribution is -2.37. The maximum atomic E-state index is 14.8. The van der Waals surface area contributed by atoms with Gasteiger partial charge in [-0.2, -0.15) is 0 Å². The minimum atomic E-state index is -3.05. The lowest BCUT2D eigenvalue weighted by Gasteiger charge is -2.38. The molecule has 0 heterocycles. The van der Waals surface area contributed by atoms with Gasteiger partial charge in [0.15, 0.2) is 0 Å². The van der Waals surface area contributed by atoms with Crippen molar-refractivity contribution in [2.45, 2.75) is 79.1 Å². The summed E-state index contributed by atoms with van der Waals surface area (Å²) >= 11 is 0. The molecule has 0 saturated heterocycles. The van der Waals surface area contributed by atoms with Crippen molar-refractivity contribution in [3.05, 3.63) is 35.4 Å². The van der Waals surface area contributed by atoms with E-state index in [0.717, 1.165) is 0 Å². The van der Waals surface area contributed by atoms with E-state index >= 15 is 0 Å². The predicted molar refractivity (Wildman–Crippen MR) is 91.6 cm³/mol. The van der Waals surface area contributed by atoms with Gasteiger partial charge in [-0.05, 0) is 25.7 Å². The number of hydrogen-bond acceptors (Lipinski definition) is 0. The van der Waals surface area contributed by atoms with E-state index in [1.807, 2.05) is 0 Å². The fraction of sp³-hybridized carbons (Fsp3) is 0.700. The zero-order valence-electron chi connectivity index (χ0n) is 15.6. The smallest absolute Gasteiger partial charge is 0.201 e. The Hall–Kier alpha value is -1.06. The van der Waals surface area contributed by atoms with Crippen LogP contribution in [0.1, 0.15) is 78.4 Å². The van der Waals surface area contributed by atoms with Crippen molar-refractivity contribution in [3.63, 3.8) is 0 Å².